The molecule has 0 saturated heterocycles. The lowest BCUT2D eigenvalue weighted by atomic mass is 10.1. The van der Waals surface area contributed by atoms with Crippen LogP contribution in [0.4, 0.5) is 5.69 Å². The fourth-order valence-corrected chi connectivity index (χ4v) is 4.77. The van der Waals surface area contributed by atoms with Crippen LogP contribution < -0.4 is 10.0 Å². The highest BCUT2D eigenvalue weighted by Crippen LogP contribution is 2.28. The number of hydrogen-bond donors (Lipinski definition) is 2. The second kappa shape index (κ2) is 6.72. The molecular formula is C16H20N2O3S2. The van der Waals surface area contributed by atoms with Gasteiger partial charge in [0, 0.05) is 11.4 Å². The molecule has 0 radical (unpaired) electrons. The normalized spacial score (nSPS) is 11.3. The highest BCUT2D eigenvalue weighted by atomic mass is 32.2. The molecule has 0 aliphatic heterocycles. The van der Waals surface area contributed by atoms with Crippen LogP contribution >= 0.6 is 11.3 Å². The van der Waals surface area contributed by atoms with Crippen molar-refractivity contribution in [3.8, 4) is 0 Å². The lowest BCUT2D eigenvalue weighted by Gasteiger charge is -2.11. The van der Waals surface area contributed by atoms with Gasteiger partial charge in [-0.3, -0.25) is 9.52 Å². The molecule has 0 fully saturated rings. The molecule has 0 aliphatic rings. The first-order valence-electron chi connectivity index (χ1n) is 7.23. The van der Waals surface area contributed by atoms with Crippen molar-refractivity contribution in [1.29, 1.82) is 0 Å². The van der Waals surface area contributed by atoms with E-state index >= 15 is 0 Å². The van der Waals surface area contributed by atoms with Gasteiger partial charge in [-0.25, -0.2) is 8.42 Å². The van der Waals surface area contributed by atoms with Gasteiger partial charge < -0.3 is 5.32 Å². The Kier molecular flexibility index (Phi) is 5.11. The Morgan fingerprint density at radius 1 is 1.17 bits per heavy atom. The van der Waals surface area contributed by atoms with Crippen LogP contribution in [0.2, 0.25) is 0 Å². The van der Waals surface area contributed by atoms with Crippen LogP contribution in [0.3, 0.4) is 0 Å². The first-order valence-corrected chi connectivity index (χ1v) is 9.53. The number of carbonyl (C=O) groups excluding carboxylic acids is 1. The van der Waals surface area contributed by atoms with Gasteiger partial charge >= 0.3 is 0 Å². The van der Waals surface area contributed by atoms with Crippen molar-refractivity contribution in [2.45, 2.75) is 32.6 Å². The number of sulfonamides is 1. The summed E-state index contributed by atoms with van der Waals surface area (Å²) in [6.45, 7) is 7.76. The number of aryl methyl sites for hydroxylation is 3. The van der Waals surface area contributed by atoms with Gasteiger partial charge in [0.1, 0.15) is 4.90 Å². The third kappa shape index (κ3) is 3.92. The predicted octanol–water partition coefficient (Wildman–Crippen LogP) is 3.22. The first-order chi connectivity index (χ1) is 10.7. The Balaban J connectivity index is 2.36. The van der Waals surface area contributed by atoms with Crippen molar-refractivity contribution < 1.29 is 13.2 Å². The third-order valence-corrected chi connectivity index (χ3v) is 6.03. The van der Waals surface area contributed by atoms with Gasteiger partial charge in [-0.2, -0.15) is 0 Å². The highest BCUT2D eigenvalue weighted by molar-refractivity contribution is 7.93. The minimum atomic E-state index is -3.73. The van der Waals surface area contributed by atoms with Gasteiger partial charge in [0.2, 0.25) is 0 Å². The molecular weight excluding hydrogens is 332 g/mol. The topological polar surface area (TPSA) is 75.3 Å². The molecule has 0 unspecified atom stereocenters. The Bertz CT molecular complexity index is 839. The van der Waals surface area contributed by atoms with Crippen LogP contribution in [0.25, 0.3) is 0 Å². The van der Waals surface area contributed by atoms with Gasteiger partial charge in [-0.1, -0.05) is 12.1 Å². The van der Waals surface area contributed by atoms with Crippen molar-refractivity contribution in [1.82, 2.24) is 5.32 Å². The van der Waals surface area contributed by atoms with E-state index in [1.807, 2.05) is 32.9 Å². The number of thiophene rings is 1. The summed E-state index contributed by atoms with van der Waals surface area (Å²) in [5.41, 5.74) is 2.37. The summed E-state index contributed by atoms with van der Waals surface area (Å²) in [5, 5.41) is 2.68. The standard InChI is InChI=1S/C16H20N2O3S2/c1-5-17-16(19)14-9-15(12(4)22-14)23(20,21)18-13-8-10(2)6-7-11(13)3/h6-9,18H,5H2,1-4H3,(H,17,19). The molecule has 7 heteroatoms. The van der Waals surface area contributed by atoms with Crippen molar-refractivity contribution in [2.24, 2.45) is 0 Å². The number of anilines is 1. The van der Waals surface area contributed by atoms with Crippen LogP contribution in [-0.4, -0.2) is 20.9 Å². The van der Waals surface area contributed by atoms with E-state index in [0.717, 1.165) is 11.1 Å². The lowest BCUT2D eigenvalue weighted by molar-refractivity contribution is 0.0959. The SMILES string of the molecule is CCNC(=O)c1cc(S(=O)(=O)Nc2cc(C)ccc2C)c(C)s1. The van der Waals surface area contributed by atoms with Crippen molar-refractivity contribution >= 4 is 33.0 Å². The Labute approximate surface area is 140 Å². The van der Waals surface area contributed by atoms with E-state index in [-0.39, 0.29) is 10.8 Å². The maximum atomic E-state index is 12.6. The smallest absolute Gasteiger partial charge is 0.263 e. The van der Waals surface area contributed by atoms with Gasteiger partial charge in [-0.15, -0.1) is 11.3 Å². The molecule has 23 heavy (non-hydrogen) atoms. The highest BCUT2D eigenvalue weighted by Gasteiger charge is 2.22. The van der Waals surface area contributed by atoms with Crippen LogP contribution in [0, 0.1) is 20.8 Å². The van der Waals surface area contributed by atoms with E-state index in [9.17, 15) is 13.2 Å². The Hall–Kier alpha value is -1.86. The largest absolute Gasteiger partial charge is 0.352 e. The van der Waals surface area contributed by atoms with E-state index in [2.05, 4.69) is 10.0 Å². The predicted molar refractivity (Wildman–Crippen MR) is 93.8 cm³/mol. The van der Waals surface area contributed by atoms with Crippen molar-refractivity contribution in [2.75, 3.05) is 11.3 Å². The second-order valence-electron chi connectivity index (χ2n) is 5.31. The van der Waals surface area contributed by atoms with E-state index < -0.39 is 10.0 Å². The van der Waals surface area contributed by atoms with Crippen molar-refractivity contribution in [3.05, 3.63) is 45.1 Å². The maximum absolute atomic E-state index is 12.6. The van der Waals surface area contributed by atoms with Gasteiger partial charge in [0.05, 0.1) is 10.6 Å². The van der Waals surface area contributed by atoms with Crippen LogP contribution in [0.15, 0.2) is 29.2 Å². The third-order valence-electron chi connectivity index (χ3n) is 3.36. The van der Waals surface area contributed by atoms with E-state index in [1.165, 1.54) is 17.4 Å². The summed E-state index contributed by atoms with van der Waals surface area (Å²) < 4.78 is 27.9. The van der Waals surface area contributed by atoms with Gasteiger partial charge in [-0.05, 0) is 51.0 Å². The van der Waals surface area contributed by atoms with E-state index in [1.54, 1.807) is 13.0 Å². The van der Waals surface area contributed by atoms with Crippen LogP contribution in [-0.2, 0) is 10.0 Å². The number of nitrogens with one attached hydrogen (secondary N) is 2. The number of amides is 1. The molecule has 1 aromatic carbocycles. The summed E-state index contributed by atoms with van der Waals surface area (Å²) in [7, 11) is -3.73. The molecule has 2 rings (SSSR count). The minimum absolute atomic E-state index is 0.143. The fraction of sp³-hybridized carbons (Fsp3) is 0.312. The van der Waals surface area contributed by atoms with Gasteiger partial charge in [0.25, 0.3) is 15.9 Å². The lowest BCUT2D eigenvalue weighted by Crippen LogP contribution is -2.21. The molecule has 2 N–H and O–H groups in total. The Morgan fingerprint density at radius 2 is 1.87 bits per heavy atom. The summed E-state index contributed by atoms with van der Waals surface area (Å²) in [5.74, 6) is -0.256. The minimum Gasteiger partial charge on any atom is -0.352 e. The summed E-state index contributed by atoms with van der Waals surface area (Å²) in [6.07, 6.45) is 0. The van der Waals surface area contributed by atoms with Gasteiger partial charge in [0.15, 0.2) is 0 Å². The molecule has 1 amide bonds. The average Bonchev–Trinajstić information content (AvgIpc) is 2.86. The molecule has 1 aromatic heterocycles. The van der Waals surface area contributed by atoms with Crippen LogP contribution in [0.5, 0.6) is 0 Å². The molecule has 5 nitrogen and oxygen atoms in total. The summed E-state index contributed by atoms with van der Waals surface area (Å²) >= 11 is 1.18. The fourth-order valence-electron chi connectivity index (χ4n) is 2.14. The van der Waals surface area contributed by atoms with E-state index in [4.69, 9.17) is 0 Å². The molecule has 0 atom stereocenters. The molecule has 124 valence electrons. The second-order valence-corrected chi connectivity index (χ2v) is 8.22. The molecule has 0 aliphatic carbocycles. The number of rotatable bonds is 5. The molecule has 0 spiro atoms. The summed E-state index contributed by atoms with van der Waals surface area (Å²) in [4.78, 5) is 13.0. The molecule has 1 heterocycles. The molecule has 2 aromatic rings. The zero-order valence-corrected chi connectivity index (χ0v) is 15.2. The monoisotopic (exact) mass is 352 g/mol. The van der Waals surface area contributed by atoms with E-state index in [0.29, 0.717) is 22.0 Å². The maximum Gasteiger partial charge on any atom is 0.263 e. The first kappa shape index (κ1) is 17.5. The number of carbonyl (C=O) groups is 1. The molecule has 0 saturated carbocycles. The molecule has 0 bridgehead atoms. The van der Waals surface area contributed by atoms with Crippen molar-refractivity contribution in [3.63, 3.8) is 0 Å². The number of hydrogen-bond acceptors (Lipinski definition) is 4. The average molecular weight is 352 g/mol. The zero-order chi connectivity index (χ0) is 17.2. The quantitative estimate of drug-likeness (QED) is 0.867. The summed E-state index contributed by atoms with van der Waals surface area (Å²) in [6, 6.07) is 7.02. The number of benzene rings is 1. The Morgan fingerprint density at radius 3 is 2.52 bits per heavy atom. The van der Waals surface area contributed by atoms with Crippen LogP contribution in [0.1, 0.15) is 32.6 Å². The zero-order valence-electron chi connectivity index (χ0n) is 13.6.